The van der Waals surface area contributed by atoms with Gasteiger partial charge in [0.1, 0.15) is 11.6 Å². The Morgan fingerprint density at radius 1 is 1.15 bits per heavy atom. The maximum atomic E-state index is 15.1. The highest BCUT2D eigenvalue weighted by molar-refractivity contribution is 7.89. The molecule has 2 saturated carbocycles. The highest BCUT2D eigenvalue weighted by atomic mass is 32.2. The van der Waals surface area contributed by atoms with Crippen LogP contribution in [0.15, 0.2) is 29.2 Å². The molecule has 2 unspecified atom stereocenters. The summed E-state index contributed by atoms with van der Waals surface area (Å²) in [5.74, 6) is 2.31. The van der Waals surface area contributed by atoms with Gasteiger partial charge in [0.05, 0.1) is 23.6 Å². The molecule has 4 fully saturated rings. The van der Waals surface area contributed by atoms with E-state index >= 15 is 4.39 Å². The van der Waals surface area contributed by atoms with Gasteiger partial charge in [-0.25, -0.2) is 12.8 Å². The Balaban J connectivity index is 1.33. The van der Waals surface area contributed by atoms with Crippen molar-refractivity contribution in [1.82, 2.24) is 24.5 Å². The lowest BCUT2D eigenvalue weighted by molar-refractivity contribution is 0.182. The van der Waals surface area contributed by atoms with Crippen LogP contribution in [0.25, 0.3) is 22.5 Å². The number of sulfonamides is 1. The van der Waals surface area contributed by atoms with Gasteiger partial charge in [0, 0.05) is 54.6 Å². The smallest absolute Gasteiger partial charge is 0.319 e. The Kier molecular flexibility index (Phi) is 7.17. The lowest BCUT2D eigenvalue weighted by Crippen LogP contribution is -2.52. The zero-order valence-corrected chi connectivity index (χ0v) is 27.5. The fraction of sp³-hybridized carbons (Fsp3) is 0.486. The number of hydrogen-bond acceptors (Lipinski definition) is 9. The Labute approximate surface area is 274 Å². The number of aromatic hydroxyl groups is 1. The van der Waals surface area contributed by atoms with Crippen molar-refractivity contribution in [2.45, 2.75) is 55.5 Å². The van der Waals surface area contributed by atoms with Crippen LogP contribution < -0.4 is 15.0 Å². The van der Waals surface area contributed by atoms with Crippen molar-refractivity contribution in [3.05, 3.63) is 46.9 Å². The number of fused-ring (bicyclic) bond motifs is 4. The second-order valence-electron chi connectivity index (χ2n) is 14.3. The average Bonchev–Trinajstić information content (AvgIpc) is 3.96. The molecule has 2 saturated heterocycles. The predicted octanol–water partition coefficient (Wildman–Crippen LogP) is 4.03. The number of nitrogens with one attached hydrogen (secondary N) is 1. The Morgan fingerprint density at radius 2 is 1.89 bits per heavy atom. The number of rotatable bonds is 9. The van der Waals surface area contributed by atoms with Gasteiger partial charge in [0.15, 0.2) is 10.7 Å². The molecule has 2 N–H and O–H groups in total. The molecule has 2 bridgehead atoms. The normalized spacial score (nSPS) is 23.9. The fourth-order valence-corrected chi connectivity index (χ4v) is 9.41. The molecule has 5 aliphatic rings. The van der Waals surface area contributed by atoms with E-state index in [1.807, 2.05) is 14.1 Å². The number of aromatic nitrogens is 2. The van der Waals surface area contributed by atoms with Gasteiger partial charge in [-0.1, -0.05) is 12.0 Å². The monoisotopic (exact) mass is 658 g/mol. The summed E-state index contributed by atoms with van der Waals surface area (Å²) in [5, 5.41) is 15.3. The predicted molar refractivity (Wildman–Crippen MR) is 178 cm³/mol. The zero-order chi connectivity index (χ0) is 32.7. The minimum atomic E-state index is -4.22. The van der Waals surface area contributed by atoms with Gasteiger partial charge in [0.25, 0.3) is 10.0 Å². The molecule has 2 aromatic carbocycles. The fourth-order valence-electron chi connectivity index (χ4n) is 7.59. The van der Waals surface area contributed by atoms with Crippen LogP contribution in [0.1, 0.15) is 55.3 Å². The first-order valence-electron chi connectivity index (χ1n) is 16.4. The van der Waals surface area contributed by atoms with Gasteiger partial charge in [-0.05, 0) is 88.2 Å². The molecule has 2 aliphatic carbocycles. The number of terminal acetylenes is 1. The average molecular weight is 659 g/mol. The number of benzene rings is 2. The highest BCUT2D eigenvalue weighted by Gasteiger charge is 2.46. The van der Waals surface area contributed by atoms with E-state index in [1.54, 1.807) is 6.08 Å². The van der Waals surface area contributed by atoms with E-state index in [0.717, 1.165) is 45.1 Å². The lowest BCUT2D eigenvalue weighted by Gasteiger charge is -2.37. The van der Waals surface area contributed by atoms with E-state index in [0.29, 0.717) is 41.9 Å². The van der Waals surface area contributed by atoms with Crippen molar-refractivity contribution in [1.29, 1.82) is 0 Å². The van der Waals surface area contributed by atoms with Gasteiger partial charge in [-0.2, -0.15) is 9.97 Å². The summed E-state index contributed by atoms with van der Waals surface area (Å²) in [5.41, 5.74) is 0.849. The molecular weight excluding hydrogens is 619 g/mol. The molecule has 10 nitrogen and oxygen atoms in total. The lowest BCUT2D eigenvalue weighted by atomic mass is 9.96. The van der Waals surface area contributed by atoms with Crippen LogP contribution in [0.3, 0.4) is 0 Å². The van der Waals surface area contributed by atoms with Gasteiger partial charge >= 0.3 is 6.01 Å². The summed E-state index contributed by atoms with van der Waals surface area (Å²) < 4.78 is 52.7. The first kappa shape index (κ1) is 30.4. The molecule has 3 aromatic rings. The largest absolute Gasteiger partial charge is 0.508 e. The van der Waals surface area contributed by atoms with E-state index in [2.05, 4.69) is 21.0 Å². The van der Waals surface area contributed by atoms with Crippen LogP contribution in [0.4, 0.5) is 10.2 Å². The van der Waals surface area contributed by atoms with Crippen molar-refractivity contribution < 1.29 is 22.7 Å². The van der Waals surface area contributed by atoms with E-state index in [-0.39, 0.29) is 63.6 Å². The van der Waals surface area contributed by atoms with E-state index in [1.165, 1.54) is 28.6 Å². The number of hydrogen-bond donors (Lipinski definition) is 2. The van der Waals surface area contributed by atoms with Crippen molar-refractivity contribution in [3.63, 3.8) is 0 Å². The maximum Gasteiger partial charge on any atom is 0.319 e. The van der Waals surface area contributed by atoms with Crippen molar-refractivity contribution >= 4 is 38.4 Å². The molecule has 0 radical (unpaired) electrons. The summed E-state index contributed by atoms with van der Waals surface area (Å²) in [6.45, 7) is 2.79. The van der Waals surface area contributed by atoms with Crippen molar-refractivity contribution in [2.24, 2.45) is 11.3 Å². The molecule has 0 spiro atoms. The van der Waals surface area contributed by atoms with Crippen molar-refractivity contribution in [2.75, 3.05) is 51.8 Å². The minimum absolute atomic E-state index is 0.00674. The number of piperazine rings is 1. The molecule has 3 aliphatic heterocycles. The van der Waals surface area contributed by atoms with Gasteiger partial charge in [0.2, 0.25) is 0 Å². The van der Waals surface area contributed by atoms with E-state index < -0.39 is 15.8 Å². The Morgan fingerprint density at radius 3 is 2.55 bits per heavy atom. The number of phenols is 1. The molecule has 246 valence electrons. The van der Waals surface area contributed by atoms with E-state index in [4.69, 9.17) is 21.1 Å². The quantitative estimate of drug-likeness (QED) is 0.330. The Hall–Kier alpha value is -3.92. The Bertz CT molecular complexity index is 1950. The summed E-state index contributed by atoms with van der Waals surface area (Å²) >= 11 is 0. The molecule has 4 heterocycles. The third-order valence-corrected chi connectivity index (χ3v) is 12.0. The maximum absolute atomic E-state index is 15.1. The van der Waals surface area contributed by atoms with Crippen LogP contribution in [0, 0.1) is 29.5 Å². The van der Waals surface area contributed by atoms with Gasteiger partial charge in [-0.3, -0.25) is 4.31 Å². The first-order valence-corrected chi connectivity index (χ1v) is 17.8. The summed E-state index contributed by atoms with van der Waals surface area (Å²) in [6.07, 6.45) is 13.5. The topological polar surface area (TPSA) is 111 Å². The molecule has 8 rings (SSSR count). The van der Waals surface area contributed by atoms with Crippen LogP contribution in [0.5, 0.6) is 11.8 Å². The number of anilines is 1. The van der Waals surface area contributed by atoms with Crippen molar-refractivity contribution in [3.8, 4) is 24.1 Å². The van der Waals surface area contributed by atoms with E-state index in [9.17, 15) is 13.5 Å². The van der Waals surface area contributed by atoms with Gasteiger partial charge in [-0.15, -0.1) is 6.42 Å². The SMILES string of the molecule is C#Cc1c(F)ccc2cc(O)cc(C3=Cc4nc(OCC5(CN(C)C)CC5)nc(N5CC6CCC(C5)N6)c4S(=O)(=O)N3CC3CC3)c12. The standard InChI is InChI=1S/C35H39FN6O4S/c1-4-26-28(36)10-7-22-13-25(43)14-27(31(22)26)30-15-29-32(47(44,45)42(30)16-21-5-6-21)33(41-17-23-8-9-24(18-41)37-23)39-34(38-29)46-20-35(11-12-35)19-40(2)3/h1,7,10,13-15,21,23-24,37,43H,5-6,8-9,11-12,16-20H2,2-3H3. The second-order valence-corrected chi connectivity index (χ2v) is 16.1. The molecule has 47 heavy (non-hydrogen) atoms. The second kappa shape index (κ2) is 11.1. The number of nitrogens with zero attached hydrogens (tertiary/aromatic N) is 5. The first-order chi connectivity index (χ1) is 22.5. The third-order valence-electron chi connectivity index (χ3n) is 10.2. The molecular formula is C35H39FN6O4S. The van der Waals surface area contributed by atoms with Crippen LogP contribution in [-0.4, -0.2) is 91.7 Å². The minimum Gasteiger partial charge on any atom is -0.508 e. The zero-order valence-electron chi connectivity index (χ0n) is 26.7. The van der Waals surface area contributed by atoms with Crippen LogP contribution >= 0.6 is 0 Å². The van der Waals surface area contributed by atoms with Gasteiger partial charge < -0.3 is 25.0 Å². The number of phenolic OH excluding ortho intramolecular Hbond substituents is 1. The third kappa shape index (κ3) is 5.48. The number of halogens is 1. The molecule has 12 heteroatoms. The number of ether oxygens (including phenoxy) is 1. The summed E-state index contributed by atoms with van der Waals surface area (Å²) in [6, 6.07) is 6.38. The molecule has 0 amide bonds. The molecule has 1 aromatic heterocycles. The summed E-state index contributed by atoms with van der Waals surface area (Å²) in [4.78, 5) is 13.9. The highest BCUT2D eigenvalue weighted by Crippen LogP contribution is 2.48. The molecule has 2 atom stereocenters. The van der Waals surface area contributed by atoms with Crippen LogP contribution in [0.2, 0.25) is 0 Å². The summed E-state index contributed by atoms with van der Waals surface area (Å²) in [7, 11) is -0.134. The van der Waals surface area contributed by atoms with Crippen LogP contribution in [-0.2, 0) is 10.0 Å².